The third kappa shape index (κ3) is 3.51. The van der Waals surface area contributed by atoms with Crippen LogP contribution in [0.1, 0.15) is 17.5 Å². The summed E-state index contributed by atoms with van der Waals surface area (Å²) in [5.74, 6) is -0.960. The topological polar surface area (TPSA) is 63.3 Å². The maximum absolute atomic E-state index is 10.7. The molecule has 0 aliphatic heterocycles. The number of rotatable bonds is 6. The quantitative estimate of drug-likeness (QED) is 0.716. The van der Waals surface area contributed by atoms with Crippen molar-refractivity contribution < 1.29 is 9.90 Å². The third-order valence-electron chi connectivity index (χ3n) is 2.49. The van der Waals surface area contributed by atoms with Gasteiger partial charge in [-0.05, 0) is 30.4 Å². The lowest BCUT2D eigenvalue weighted by Gasteiger charge is -2.11. The first-order valence-corrected chi connectivity index (χ1v) is 5.31. The molecule has 0 amide bonds. The second-order valence-corrected chi connectivity index (χ2v) is 3.74. The van der Waals surface area contributed by atoms with E-state index >= 15 is 0 Å². The smallest absolute Gasteiger partial charge is 0.320 e. The summed E-state index contributed by atoms with van der Waals surface area (Å²) in [5, 5.41) is 8.77. The summed E-state index contributed by atoms with van der Waals surface area (Å²) >= 11 is 0. The Morgan fingerprint density at radius 3 is 2.62 bits per heavy atom. The number of aryl methyl sites for hydroxylation is 1. The van der Waals surface area contributed by atoms with E-state index in [-0.39, 0.29) is 0 Å². The first-order valence-electron chi connectivity index (χ1n) is 5.31. The van der Waals surface area contributed by atoms with E-state index in [9.17, 15) is 4.79 Å². The highest BCUT2D eigenvalue weighted by atomic mass is 16.4. The second-order valence-electron chi connectivity index (χ2n) is 3.74. The third-order valence-corrected chi connectivity index (χ3v) is 2.49. The van der Waals surface area contributed by atoms with Gasteiger partial charge in [-0.25, -0.2) is 0 Å². The lowest BCUT2D eigenvalue weighted by Crippen LogP contribution is -2.32. The first kappa shape index (κ1) is 12.5. The molecule has 0 aliphatic rings. The van der Waals surface area contributed by atoms with Gasteiger partial charge in [0.15, 0.2) is 0 Å². The maximum atomic E-state index is 10.7. The van der Waals surface area contributed by atoms with Gasteiger partial charge in [0.2, 0.25) is 0 Å². The molecule has 0 aromatic heterocycles. The minimum absolute atomic E-state index is 0.378. The second kappa shape index (κ2) is 6.08. The summed E-state index contributed by atoms with van der Waals surface area (Å²) in [6.07, 6.45) is 4.00. The number of nitrogens with two attached hydrogens (primary N) is 1. The zero-order valence-corrected chi connectivity index (χ0v) is 9.23. The molecule has 0 saturated heterocycles. The highest BCUT2D eigenvalue weighted by Crippen LogP contribution is 2.13. The van der Waals surface area contributed by atoms with Crippen LogP contribution in [0.15, 0.2) is 36.9 Å². The number of aliphatic carboxylic acids is 1. The number of allylic oxidation sites excluding steroid dienone is 1. The number of benzene rings is 1. The van der Waals surface area contributed by atoms with Gasteiger partial charge in [-0.3, -0.25) is 4.79 Å². The highest BCUT2D eigenvalue weighted by Gasteiger charge is 2.13. The number of hydrogen-bond acceptors (Lipinski definition) is 2. The van der Waals surface area contributed by atoms with Gasteiger partial charge in [0.1, 0.15) is 6.04 Å². The molecule has 0 radical (unpaired) electrons. The molecule has 0 saturated carbocycles. The molecule has 1 aromatic rings. The fourth-order valence-corrected chi connectivity index (χ4v) is 1.58. The Morgan fingerprint density at radius 1 is 1.44 bits per heavy atom. The summed E-state index contributed by atoms with van der Waals surface area (Å²) in [5.41, 5.74) is 7.69. The van der Waals surface area contributed by atoms with Crippen LogP contribution in [0.3, 0.4) is 0 Å². The summed E-state index contributed by atoms with van der Waals surface area (Å²) in [6, 6.07) is 6.97. The van der Waals surface area contributed by atoms with Gasteiger partial charge < -0.3 is 10.8 Å². The molecule has 1 rings (SSSR count). The molecule has 0 aliphatic carbocycles. The van der Waals surface area contributed by atoms with Crippen molar-refractivity contribution in [3.63, 3.8) is 0 Å². The van der Waals surface area contributed by atoms with Gasteiger partial charge in [-0.1, -0.05) is 30.3 Å². The van der Waals surface area contributed by atoms with Gasteiger partial charge >= 0.3 is 5.97 Å². The molecular formula is C13H17NO2. The van der Waals surface area contributed by atoms with Crippen molar-refractivity contribution in [3.05, 3.63) is 48.0 Å². The average Bonchev–Trinajstić information content (AvgIpc) is 2.27. The van der Waals surface area contributed by atoms with Crippen molar-refractivity contribution in [2.75, 3.05) is 0 Å². The van der Waals surface area contributed by atoms with E-state index < -0.39 is 12.0 Å². The van der Waals surface area contributed by atoms with E-state index in [1.807, 2.05) is 30.3 Å². The van der Waals surface area contributed by atoms with Crippen molar-refractivity contribution in [1.29, 1.82) is 0 Å². The molecule has 0 fully saturated rings. The standard InChI is InChI=1S/C13H17NO2/c1-2-3-6-10-7-4-5-8-11(10)9-12(14)13(15)16/h2,4-5,7-8,12H,1,3,6,9,14H2,(H,15,16)/t12-/m0/s1. The fourth-order valence-electron chi connectivity index (χ4n) is 1.58. The van der Waals surface area contributed by atoms with Crippen molar-refractivity contribution >= 4 is 5.97 Å². The number of carboxylic acid groups (broad SMARTS) is 1. The van der Waals surface area contributed by atoms with Crippen LogP contribution in [-0.4, -0.2) is 17.1 Å². The SMILES string of the molecule is C=CCCc1ccccc1C[C@H](N)C(=O)O. The molecule has 0 heterocycles. The van der Waals surface area contributed by atoms with E-state index in [0.29, 0.717) is 6.42 Å². The van der Waals surface area contributed by atoms with Crippen molar-refractivity contribution in [2.45, 2.75) is 25.3 Å². The minimum Gasteiger partial charge on any atom is -0.480 e. The Bertz CT molecular complexity index is 374. The van der Waals surface area contributed by atoms with E-state index in [1.165, 1.54) is 0 Å². The normalized spacial score (nSPS) is 12.1. The molecule has 1 atom stereocenters. The number of hydrogen-bond donors (Lipinski definition) is 2. The molecular weight excluding hydrogens is 202 g/mol. The minimum atomic E-state index is -0.960. The van der Waals surface area contributed by atoms with Crippen molar-refractivity contribution in [1.82, 2.24) is 0 Å². The van der Waals surface area contributed by atoms with Crippen LogP contribution in [0.25, 0.3) is 0 Å². The van der Waals surface area contributed by atoms with Crippen LogP contribution in [0, 0.1) is 0 Å². The molecule has 1 aromatic carbocycles. The highest BCUT2D eigenvalue weighted by molar-refractivity contribution is 5.73. The molecule has 3 N–H and O–H groups in total. The Labute approximate surface area is 95.6 Å². The van der Waals surface area contributed by atoms with Crippen LogP contribution >= 0.6 is 0 Å². The molecule has 16 heavy (non-hydrogen) atoms. The molecule has 3 heteroatoms. The van der Waals surface area contributed by atoms with Crippen molar-refractivity contribution in [3.8, 4) is 0 Å². The van der Waals surface area contributed by atoms with E-state index in [1.54, 1.807) is 0 Å². The predicted octanol–water partition coefficient (Wildman–Crippen LogP) is 1.76. The Kier molecular flexibility index (Phi) is 4.73. The predicted molar refractivity (Wildman–Crippen MR) is 64.3 cm³/mol. The Balaban J connectivity index is 2.77. The van der Waals surface area contributed by atoms with Gasteiger partial charge in [0, 0.05) is 0 Å². The molecule has 86 valence electrons. The lowest BCUT2D eigenvalue weighted by molar-refractivity contribution is -0.138. The van der Waals surface area contributed by atoms with E-state index in [0.717, 1.165) is 24.0 Å². The van der Waals surface area contributed by atoms with Crippen LogP contribution in [0.5, 0.6) is 0 Å². The van der Waals surface area contributed by atoms with Crippen molar-refractivity contribution in [2.24, 2.45) is 5.73 Å². The Hall–Kier alpha value is -1.61. The summed E-state index contributed by atoms with van der Waals surface area (Å²) in [7, 11) is 0. The summed E-state index contributed by atoms with van der Waals surface area (Å²) in [6.45, 7) is 3.68. The summed E-state index contributed by atoms with van der Waals surface area (Å²) < 4.78 is 0. The van der Waals surface area contributed by atoms with E-state index in [2.05, 4.69) is 6.58 Å². The lowest BCUT2D eigenvalue weighted by atomic mass is 9.97. The molecule has 0 spiro atoms. The zero-order chi connectivity index (χ0) is 12.0. The van der Waals surface area contributed by atoms with Gasteiger partial charge in [-0.15, -0.1) is 6.58 Å². The monoisotopic (exact) mass is 219 g/mol. The average molecular weight is 219 g/mol. The molecule has 0 bridgehead atoms. The first-order chi connectivity index (χ1) is 7.65. The number of carboxylic acids is 1. The van der Waals surface area contributed by atoms with Crippen LogP contribution in [0.4, 0.5) is 0 Å². The summed E-state index contributed by atoms with van der Waals surface area (Å²) in [4.78, 5) is 10.7. The fraction of sp³-hybridized carbons (Fsp3) is 0.308. The maximum Gasteiger partial charge on any atom is 0.320 e. The van der Waals surface area contributed by atoms with Crippen LogP contribution < -0.4 is 5.73 Å². The zero-order valence-electron chi connectivity index (χ0n) is 9.23. The van der Waals surface area contributed by atoms with Crippen LogP contribution in [0.2, 0.25) is 0 Å². The Morgan fingerprint density at radius 2 is 2.06 bits per heavy atom. The molecule has 3 nitrogen and oxygen atoms in total. The van der Waals surface area contributed by atoms with Crippen LogP contribution in [-0.2, 0) is 17.6 Å². The molecule has 0 unspecified atom stereocenters. The largest absolute Gasteiger partial charge is 0.480 e. The van der Waals surface area contributed by atoms with E-state index in [4.69, 9.17) is 10.8 Å². The number of carbonyl (C=O) groups is 1. The van der Waals surface area contributed by atoms with Gasteiger partial charge in [-0.2, -0.15) is 0 Å². The van der Waals surface area contributed by atoms with Gasteiger partial charge in [0.25, 0.3) is 0 Å². The van der Waals surface area contributed by atoms with Gasteiger partial charge in [0.05, 0.1) is 0 Å².